The molecule has 6 unspecified atom stereocenters. The molecular formula is C39H64O3. The van der Waals surface area contributed by atoms with E-state index in [-0.39, 0.29) is 24.3 Å². The lowest BCUT2D eigenvalue weighted by Gasteiger charge is -2.58. The molecule has 0 aromatic carbocycles. The highest BCUT2D eigenvalue weighted by molar-refractivity contribution is 5.74. The minimum atomic E-state index is -0.351. The van der Waals surface area contributed by atoms with E-state index in [1.807, 2.05) is 0 Å². The van der Waals surface area contributed by atoms with Gasteiger partial charge in [0.25, 0.3) is 0 Å². The summed E-state index contributed by atoms with van der Waals surface area (Å²) in [5.41, 5.74) is 2.55. The summed E-state index contributed by atoms with van der Waals surface area (Å²) in [5.74, 6) is 7.40. The lowest BCUT2D eigenvalue weighted by atomic mass is 9.47. The molecule has 1 aliphatic heterocycles. The molecule has 6 rings (SSSR count). The van der Waals surface area contributed by atoms with Crippen LogP contribution in [-0.4, -0.2) is 18.4 Å². The average Bonchev–Trinajstić information content (AvgIpc) is 3.52. The molecule has 0 aromatic rings. The smallest absolute Gasteiger partial charge is 0.311 e. The quantitative estimate of drug-likeness (QED) is 0.212. The highest BCUT2D eigenvalue weighted by Crippen LogP contribution is 2.67. The van der Waals surface area contributed by atoms with Crippen LogP contribution in [0.3, 0.4) is 0 Å². The predicted octanol–water partition coefficient (Wildman–Crippen LogP) is 10.2. The van der Waals surface area contributed by atoms with Crippen LogP contribution in [0.4, 0.5) is 0 Å². The van der Waals surface area contributed by atoms with Gasteiger partial charge in [-0.3, -0.25) is 4.79 Å². The number of allylic oxidation sites excluding steroid dienone is 1. The van der Waals surface area contributed by atoms with Gasteiger partial charge in [-0.15, -0.1) is 0 Å². The monoisotopic (exact) mass is 580 g/mol. The van der Waals surface area contributed by atoms with Crippen molar-refractivity contribution in [3.63, 3.8) is 0 Å². The molecule has 4 saturated carbocycles. The summed E-state index contributed by atoms with van der Waals surface area (Å²) >= 11 is 0. The van der Waals surface area contributed by atoms with Crippen molar-refractivity contribution in [3.8, 4) is 0 Å². The number of fused-ring (bicyclic) bond motifs is 6. The van der Waals surface area contributed by atoms with Gasteiger partial charge in [0.05, 0.1) is 12.0 Å². The Balaban J connectivity index is 1.10. The Hall–Kier alpha value is -0.830. The van der Waals surface area contributed by atoms with Gasteiger partial charge in [-0.25, -0.2) is 0 Å². The first-order valence-corrected chi connectivity index (χ1v) is 18.5. The number of esters is 1. The largest absolute Gasteiger partial charge is 0.435 e. The molecule has 14 atom stereocenters. The van der Waals surface area contributed by atoms with E-state index in [0.717, 1.165) is 67.1 Å². The van der Waals surface area contributed by atoms with Gasteiger partial charge in [-0.05, 0) is 135 Å². The number of rotatable bonds is 8. The van der Waals surface area contributed by atoms with Gasteiger partial charge < -0.3 is 9.47 Å². The molecular weight excluding hydrogens is 516 g/mol. The molecule has 0 N–H and O–H groups in total. The zero-order chi connectivity index (χ0) is 30.0. The second-order valence-corrected chi connectivity index (χ2v) is 17.4. The molecule has 5 aliphatic carbocycles. The topological polar surface area (TPSA) is 35.5 Å². The third-order valence-corrected chi connectivity index (χ3v) is 15.2. The van der Waals surface area contributed by atoms with Crippen molar-refractivity contribution in [2.75, 3.05) is 0 Å². The Morgan fingerprint density at radius 3 is 2.48 bits per heavy atom. The second-order valence-electron chi connectivity index (χ2n) is 17.4. The van der Waals surface area contributed by atoms with Crippen molar-refractivity contribution >= 4 is 5.97 Å². The van der Waals surface area contributed by atoms with E-state index in [0.29, 0.717) is 28.6 Å². The van der Waals surface area contributed by atoms with Crippen molar-refractivity contribution in [2.45, 2.75) is 151 Å². The van der Waals surface area contributed by atoms with E-state index in [1.54, 1.807) is 5.57 Å². The molecule has 42 heavy (non-hydrogen) atoms. The third kappa shape index (κ3) is 5.16. The van der Waals surface area contributed by atoms with Crippen LogP contribution >= 0.6 is 0 Å². The van der Waals surface area contributed by atoms with Gasteiger partial charge in [-0.2, -0.15) is 0 Å². The van der Waals surface area contributed by atoms with Crippen LogP contribution in [0.25, 0.3) is 0 Å². The molecule has 6 aliphatic rings. The number of hydrogen-bond acceptors (Lipinski definition) is 3. The Morgan fingerprint density at radius 2 is 1.74 bits per heavy atom. The fraction of sp³-hybridized carbons (Fsp3) is 0.923. The van der Waals surface area contributed by atoms with Crippen molar-refractivity contribution in [3.05, 3.63) is 11.6 Å². The molecule has 3 nitrogen and oxygen atoms in total. The van der Waals surface area contributed by atoms with E-state index in [2.05, 4.69) is 61.5 Å². The van der Waals surface area contributed by atoms with Crippen molar-refractivity contribution in [2.24, 2.45) is 75.9 Å². The van der Waals surface area contributed by atoms with Gasteiger partial charge in [0.2, 0.25) is 6.29 Å². The summed E-state index contributed by atoms with van der Waals surface area (Å²) < 4.78 is 12.7. The Labute approximate surface area is 258 Å². The molecule has 1 saturated heterocycles. The third-order valence-electron chi connectivity index (χ3n) is 15.2. The van der Waals surface area contributed by atoms with Crippen LogP contribution in [0.2, 0.25) is 0 Å². The van der Waals surface area contributed by atoms with Gasteiger partial charge in [0.1, 0.15) is 0 Å². The highest BCUT2D eigenvalue weighted by atomic mass is 16.7. The number of carbonyl (C=O) groups excluding carboxylic acids is 1. The van der Waals surface area contributed by atoms with Gasteiger partial charge in [-0.1, -0.05) is 79.9 Å². The Bertz CT molecular complexity index is 1020. The van der Waals surface area contributed by atoms with Gasteiger partial charge in [0.15, 0.2) is 0 Å². The number of cyclic esters (lactones) is 1. The maximum atomic E-state index is 12.9. The first-order valence-electron chi connectivity index (χ1n) is 18.5. The van der Waals surface area contributed by atoms with E-state index in [4.69, 9.17) is 9.47 Å². The molecule has 0 radical (unpaired) electrons. The SMILES string of the molecule is CC[C@H](CC[C@@H](C)[C@H]1CC[C@H]2[C@@H]3CC=C4CC(OC5OC(=O)C6C(C)CCC6C5C)CC[C@]4(C)[C@H]3CC[C@]12C)C(C)C. The summed E-state index contributed by atoms with van der Waals surface area (Å²) in [5, 5.41) is 0. The number of hydrogen-bond donors (Lipinski definition) is 0. The van der Waals surface area contributed by atoms with Crippen LogP contribution in [0.1, 0.15) is 139 Å². The van der Waals surface area contributed by atoms with Crippen LogP contribution in [0.5, 0.6) is 0 Å². The maximum absolute atomic E-state index is 12.9. The maximum Gasteiger partial charge on any atom is 0.311 e. The van der Waals surface area contributed by atoms with E-state index < -0.39 is 0 Å². The molecule has 0 bridgehead atoms. The molecule has 1 heterocycles. The fourth-order valence-corrected chi connectivity index (χ4v) is 12.5. The average molecular weight is 581 g/mol. The number of ether oxygens (including phenoxy) is 2. The standard InChI is InChI=1S/C39H64O3/c1-9-27(23(2)3)12-10-24(4)32-16-17-33-31-15-13-28-22-29(18-20-38(28,7)34(31)19-21-39(32,33)8)41-37-26(6)30-14-11-25(5)35(30)36(40)42-37/h13,23-27,29-35,37H,9-12,14-22H2,1-8H3/t24-,25?,26?,27-,29?,30?,31+,32-,33+,34+,35?,37?,38+,39-/m1/s1. The Morgan fingerprint density at radius 1 is 0.952 bits per heavy atom. The van der Waals surface area contributed by atoms with Crippen LogP contribution in [0, 0.1) is 75.9 Å². The summed E-state index contributed by atoms with van der Waals surface area (Å²) in [6.07, 6.45) is 19.5. The molecule has 0 amide bonds. The summed E-state index contributed by atoms with van der Waals surface area (Å²) in [7, 11) is 0. The zero-order valence-electron chi connectivity index (χ0n) is 28.5. The van der Waals surface area contributed by atoms with Crippen LogP contribution < -0.4 is 0 Å². The summed E-state index contributed by atoms with van der Waals surface area (Å²) in [6, 6.07) is 0. The predicted molar refractivity (Wildman–Crippen MR) is 172 cm³/mol. The molecule has 238 valence electrons. The fourth-order valence-electron chi connectivity index (χ4n) is 12.5. The van der Waals surface area contributed by atoms with Crippen molar-refractivity contribution < 1.29 is 14.3 Å². The first-order chi connectivity index (χ1) is 20.0. The Kier molecular flexibility index (Phi) is 8.78. The van der Waals surface area contributed by atoms with E-state index in [1.165, 1.54) is 57.8 Å². The van der Waals surface area contributed by atoms with E-state index >= 15 is 0 Å². The minimum Gasteiger partial charge on any atom is -0.435 e. The molecule has 0 spiro atoms. The lowest BCUT2D eigenvalue weighted by molar-refractivity contribution is -0.235. The zero-order valence-corrected chi connectivity index (χ0v) is 28.5. The van der Waals surface area contributed by atoms with Crippen molar-refractivity contribution in [1.82, 2.24) is 0 Å². The van der Waals surface area contributed by atoms with Gasteiger partial charge >= 0.3 is 5.97 Å². The highest BCUT2D eigenvalue weighted by Gasteiger charge is 2.59. The van der Waals surface area contributed by atoms with Crippen LogP contribution in [-0.2, 0) is 14.3 Å². The molecule has 5 fully saturated rings. The normalized spacial score (nSPS) is 48.0. The number of carbonyl (C=O) groups is 1. The van der Waals surface area contributed by atoms with Crippen molar-refractivity contribution in [1.29, 1.82) is 0 Å². The molecule has 0 aromatic heterocycles. The molecule has 3 heteroatoms. The van der Waals surface area contributed by atoms with Gasteiger partial charge in [0, 0.05) is 5.92 Å². The lowest BCUT2D eigenvalue weighted by Crippen LogP contribution is -2.51. The summed E-state index contributed by atoms with van der Waals surface area (Å²) in [6.45, 7) is 19.7. The first kappa shape index (κ1) is 31.2. The van der Waals surface area contributed by atoms with Crippen LogP contribution in [0.15, 0.2) is 11.6 Å². The second kappa shape index (κ2) is 11.8. The van der Waals surface area contributed by atoms with E-state index in [9.17, 15) is 4.79 Å². The summed E-state index contributed by atoms with van der Waals surface area (Å²) in [4.78, 5) is 12.9. The minimum absolute atomic E-state index is 0.00742.